The molecule has 81 heavy (non-hydrogen) atoms. The number of aliphatic hydroxyl groups is 2. The molecule has 3 rings (SSSR count). The number of aliphatic imine (C=N–C) groups is 1. The number of benzene rings is 2. The summed E-state index contributed by atoms with van der Waals surface area (Å²) in [6.07, 6.45) is 0.765. The molecule has 0 fully saturated rings. The van der Waals surface area contributed by atoms with Gasteiger partial charge in [0, 0.05) is 61.1 Å². The smallest absolute Gasteiger partial charge is 0.245 e. The van der Waals surface area contributed by atoms with E-state index in [4.69, 9.17) is 17.2 Å². The first-order valence-corrected chi connectivity index (χ1v) is 28.3. The van der Waals surface area contributed by atoms with Crippen molar-refractivity contribution in [1.82, 2.24) is 58.2 Å². The molecule has 10 atom stereocenters. The van der Waals surface area contributed by atoms with Crippen LogP contribution in [0.4, 0.5) is 0 Å². The van der Waals surface area contributed by atoms with Crippen molar-refractivity contribution in [3.05, 3.63) is 71.9 Å². The van der Waals surface area contributed by atoms with Gasteiger partial charge >= 0.3 is 0 Å². The van der Waals surface area contributed by atoms with Crippen LogP contribution in [0, 0.1) is 0 Å². The fourth-order valence-corrected chi connectivity index (χ4v) is 8.72. The number of guanidine groups is 1. The van der Waals surface area contributed by atoms with Crippen LogP contribution < -0.4 is 70.4 Å². The first kappa shape index (κ1) is 68.3. The van der Waals surface area contributed by atoms with E-state index in [1.54, 1.807) is 48.7 Å². The Labute approximate surface area is 482 Å². The predicted molar refractivity (Wildman–Crippen MR) is 313 cm³/mol. The van der Waals surface area contributed by atoms with Gasteiger partial charge in [-0.05, 0) is 90.0 Å². The summed E-state index contributed by atoms with van der Waals surface area (Å²) in [5.74, 6) is -7.62. The Hall–Kier alpha value is -6.98. The third-order valence-electron chi connectivity index (χ3n) is 12.7. The van der Waals surface area contributed by atoms with Gasteiger partial charge in [-0.2, -0.15) is 25.3 Å². The quantitative estimate of drug-likeness (QED) is 0.0118. The van der Waals surface area contributed by atoms with E-state index in [1.165, 1.54) is 13.8 Å². The SMILES string of the molecule is CCNC(=NCCCC[C@H](N)C(=O)NCC(=O)N[C@@H](CS)C(=O)N[C@@H](Cc1ccccc1)C(=O)N[C@@H](Cc1c[nH]c2ccccc12)C(=O)N[C@@H](CCCCN)C(=O)N[C@H](C(=O)N[C@@H](CS)C(=O)N[C@H](C(N)=O)[C@@H](C)O)[C@@H](C)O)NCC. The number of unbranched alkanes of at least 4 members (excludes halogenated alkanes) is 2. The van der Waals surface area contributed by atoms with Gasteiger partial charge in [-0.15, -0.1) is 0 Å². The largest absolute Gasteiger partial charge is 0.391 e. The molecule has 26 nitrogen and oxygen atoms in total. The zero-order chi connectivity index (χ0) is 60.0. The molecule has 0 radical (unpaired) electrons. The van der Waals surface area contributed by atoms with Gasteiger partial charge in [0.1, 0.15) is 42.3 Å². The summed E-state index contributed by atoms with van der Waals surface area (Å²) in [7, 11) is 0. The number of rotatable bonds is 36. The number of nitrogens with two attached hydrogens (primary N) is 3. The van der Waals surface area contributed by atoms with E-state index in [2.05, 4.69) is 88.4 Å². The molecule has 448 valence electrons. The summed E-state index contributed by atoms with van der Waals surface area (Å²) < 4.78 is 0. The Morgan fingerprint density at radius 1 is 0.593 bits per heavy atom. The summed E-state index contributed by atoms with van der Waals surface area (Å²) in [4.78, 5) is 130. The van der Waals surface area contributed by atoms with E-state index in [0.717, 1.165) is 10.9 Å². The molecular weight excluding hydrogens is 1090 g/mol. The summed E-state index contributed by atoms with van der Waals surface area (Å²) in [6, 6.07) is 4.82. The van der Waals surface area contributed by atoms with Gasteiger partial charge in [-0.1, -0.05) is 48.5 Å². The van der Waals surface area contributed by atoms with Gasteiger partial charge in [-0.25, -0.2) is 0 Å². The fraction of sp³-hybridized carbons (Fsp3) is 0.547. The van der Waals surface area contributed by atoms with Crippen LogP contribution in [0.3, 0.4) is 0 Å². The van der Waals surface area contributed by atoms with Crippen molar-refractivity contribution in [2.75, 3.05) is 44.2 Å². The van der Waals surface area contributed by atoms with Crippen LogP contribution in [0.1, 0.15) is 77.3 Å². The highest BCUT2D eigenvalue weighted by atomic mass is 32.1. The van der Waals surface area contributed by atoms with Crippen molar-refractivity contribution in [2.45, 2.75) is 140 Å². The average molecular weight is 1170 g/mol. The molecule has 0 aliphatic heterocycles. The average Bonchev–Trinajstić information content (AvgIpc) is 3.85. The lowest BCUT2D eigenvalue weighted by molar-refractivity contribution is -0.137. The second-order valence-corrected chi connectivity index (χ2v) is 20.0. The van der Waals surface area contributed by atoms with Crippen LogP contribution in [0.5, 0.6) is 0 Å². The molecule has 1 heterocycles. The van der Waals surface area contributed by atoms with E-state index in [1.807, 2.05) is 26.0 Å². The normalized spacial score (nSPS) is 14.8. The molecule has 0 spiro atoms. The van der Waals surface area contributed by atoms with Gasteiger partial charge in [-0.3, -0.25) is 48.1 Å². The summed E-state index contributed by atoms with van der Waals surface area (Å²) in [6.45, 7) is 8.00. The first-order chi connectivity index (χ1) is 38.7. The highest BCUT2D eigenvalue weighted by Crippen LogP contribution is 2.20. The van der Waals surface area contributed by atoms with Gasteiger partial charge in [0.15, 0.2) is 5.96 Å². The summed E-state index contributed by atoms with van der Waals surface area (Å²) >= 11 is 8.42. The fourth-order valence-electron chi connectivity index (χ4n) is 8.21. The first-order valence-electron chi connectivity index (χ1n) is 27.0. The lowest BCUT2D eigenvalue weighted by Crippen LogP contribution is -2.62. The number of aliphatic hydroxyl groups excluding tert-OH is 2. The number of hydrogen-bond donors (Lipinski definition) is 18. The summed E-state index contributed by atoms with van der Waals surface area (Å²) in [5, 5.41) is 48.0. The number of hydrogen-bond acceptors (Lipinski definition) is 16. The highest BCUT2D eigenvalue weighted by Gasteiger charge is 2.36. The van der Waals surface area contributed by atoms with Crippen molar-refractivity contribution in [3.8, 4) is 0 Å². The van der Waals surface area contributed by atoms with Gasteiger partial charge in [0.25, 0.3) is 0 Å². The predicted octanol–water partition coefficient (Wildman–Crippen LogP) is -3.23. The number of carbonyl (C=O) groups is 9. The van der Waals surface area contributed by atoms with Gasteiger partial charge in [0.2, 0.25) is 53.2 Å². The lowest BCUT2D eigenvalue weighted by atomic mass is 10.0. The topological polar surface area (TPSA) is 421 Å². The molecule has 2 aromatic carbocycles. The van der Waals surface area contributed by atoms with Crippen molar-refractivity contribution >= 4 is 95.3 Å². The van der Waals surface area contributed by atoms with E-state index in [-0.39, 0.29) is 37.3 Å². The number of aromatic amines is 1. The molecule has 28 heteroatoms. The molecule has 0 bridgehead atoms. The molecule has 0 saturated heterocycles. The zero-order valence-corrected chi connectivity index (χ0v) is 48.1. The maximum absolute atomic E-state index is 14.7. The standard InChI is InChI=1S/C53H83N15O11S2/c1-5-57-53(58-6-2)59-23-15-13-19-35(55)46(73)61-27-42(71)62-40(28-80)50(77)64-38(24-32-16-8-7-9-17-32)48(75)65-39(25-33-26-60-36-20-11-10-18-34(33)36)49(76)63-37(21-12-14-22-54)47(74)68-44(31(4)70)52(79)66-41(29-81)51(78)67-43(30(3)69)45(56)72/h7-11,16-18,20,26,30-31,35,37-41,43-44,60,69-70,80-81H,5-6,12-15,19,21-25,27-29,54-55H2,1-4H3,(H2,56,72)(H,61,73)(H,62,71)(H,63,76)(H,64,77)(H,65,75)(H,66,79)(H,67,78)(H,68,74)(H2,57,58,59)/t30-,31-,35+,37+,38+,39+,40+,41+,43+,44+/m1/s1. The van der Waals surface area contributed by atoms with Crippen LogP contribution in [0.15, 0.2) is 65.8 Å². The van der Waals surface area contributed by atoms with Crippen LogP contribution in [0.2, 0.25) is 0 Å². The van der Waals surface area contributed by atoms with Crippen molar-refractivity contribution in [1.29, 1.82) is 0 Å². The minimum Gasteiger partial charge on any atom is -0.391 e. The Morgan fingerprint density at radius 2 is 1.11 bits per heavy atom. The van der Waals surface area contributed by atoms with Crippen molar-refractivity contribution in [3.63, 3.8) is 0 Å². The molecule has 1 aromatic heterocycles. The second kappa shape index (κ2) is 36.4. The van der Waals surface area contributed by atoms with Crippen LogP contribution >= 0.6 is 25.3 Å². The molecule has 19 N–H and O–H groups in total. The number of carbonyl (C=O) groups excluding carboxylic acids is 9. The van der Waals surface area contributed by atoms with Crippen LogP contribution in [-0.4, -0.2) is 179 Å². The third-order valence-corrected chi connectivity index (χ3v) is 13.4. The molecule has 0 unspecified atom stereocenters. The number of primary amides is 1. The minimum absolute atomic E-state index is 0.0300. The number of thiol groups is 2. The van der Waals surface area contributed by atoms with Crippen molar-refractivity contribution in [2.24, 2.45) is 22.2 Å². The number of aromatic nitrogens is 1. The van der Waals surface area contributed by atoms with Crippen LogP contribution in [0.25, 0.3) is 10.9 Å². The second-order valence-electron chi connectivity index (χ2n) is 19.2. The Morgan fingerprint density at radius 3 is 1.70 bits per heavy atom. The van der Waals surface area contributed by atoms with E-state index in [9.17, 15) is 53.4 Å². The zero-order valence-electron chi connectivity index (χ0n) is 46.3. The van der Waals surface area contributed by atoms with Gasteiger partial charge in [0.05, 0.1) is 24.8 Å². The Kier molecular flexibility index (Phi) is 30.7. The maximum Gasteiger partial charge on any atom is 0.245 e. The van der Waals surface area contributed by atoms with E-state index >= 15 is 0 Å². The van der Waals surface area contributed by atoms with Crippen LogP contribution in [-0.2, 0) is 56.0 Å². The molecule has 0 aliphatic rings. The lowest BCUT2D eigenvalue weighted by Gasteiger charge is -2.28. The van der Waals surface area contributed by atoms with Gasteiger partial charge < -0.3 is 85.6 Å². The molecular formula is C53H83N15O11S2. The molecule has 0 saturated carbocycles. The summed E-state index contributed by atoms with van der Waals surface area (Å²) in [5.41, 5.74) is 19.1. The number of fused-ring (bicyclic) bond motifs is 1. The van der Waals surface area contributed by atoms with E-state index < -0.39 is 120 Å². The third kappa shape index (κ3) is 23.6. The number of nitrogens with zero attached hydrogens (tertiary/aromatic N) is 1. The monoisotopic (exact) mass is 1170 g/mol. The number of para-hydroxylation sites is 1. The number of nitrogens with one attached hydrogen (secondary N) is 11. The highest BCUT2D eigenvalue weighted by molar-refractivity contribution is 7.80. The molecule has 0 aliphatic carbocycles. The molecule has 3 aromatic rings. The molecule has 9 amide bonds. The Balaban J connectivity index is 1.85. The van der Waals surface area contributed by atoms with E-state index in [0.29, 0.717) is 68.8 Å². The maximum atomic E-state index is 14.7. The number of H-pyrrole nitrogens is 1. The van der Waals surface area contributed by atoms with Crippen molar-refractivity contribution < 1.29 is 53.4 Å². The minimum atomic E-state index is -1.71. The number of amides is 9. The Bertz CT molecular complexity index is 2550.